The first-order valence-electron chi connectivity index (χ1n) is 12.3. The van der Waals surface area contributed by atoms with Crippen LogP contribution in [0.1, 0.15) is 78.5 Å². The van der Waals surface area contributed by atoms with Crippen LogP contribution in [0.25, 0.3) is 21.5 Å². The summed E-state index contributed by atoms with van der Waals surface area (Å²) in [5.41, 5.74) is 2.48. The summed E-state index contributed by atoms with van der Waals surface area (Å²) in [7, 11) is 0. The number of nitrogens with zero attached hydrogens (tertiary/aromatic N) is 3. The molecule has 4 rings (SSSR count). The monoisotopic (exact) mass is 457 g/mol. The van der Waals surface area contributed by atoms with Crippen LogP contribution in [0.3, 0.4) is 0 Å². The predicted molar refractivity (Wildman–Crippen MR) is 147 cm³/mol. The molecule has 0 aliphatic heterocycles. The van der Waals surface area contributed by atoms with Crippen LogP contribution in [0.5, 0.6) is 0 Å². The van der Waals surface area contributed by atoms with Crippen molar-refractivity contribution in [3.8, 4) is 0 Å². The predicted octanol–water partition coefficient (Wildman–Crippen LogP) is 7.75. The third kappa shape index (κ3) is 6.89. The second-order valence-corrected chi connectivity index (χ2v) is 10.1. The Bertz CT molecular complexity index is 1130. The smallest absolute Gasteiger partial charge is 0.126 e. The summed E-state index contributed by atoms with van der Waals surface area (Å²) in [4.78, 5) is 13.3. The van der Waals surface area contributed by atoms with E-state index in [0.717, 1.165) is 28.1 Å². The Morgan fingerprint density at radius 2 is 1.03 bits per heavy atom. The van der Waals surface area contributed by atoms with Crippen molar-refractivity contribution >= 4 is 33.2 Å². The highest BCUT2D eigenvalue weighted by atomic mass is 15.0. The minimum absolute atomic E-state index is 0.392. The molecule has 0 saturated carbocycles. The molecule has 5 nitrogen and oxygen atoms in total. The molecule has 3 heterocycles. The summed E-state index contributed by atoms with van der Waals surface area (Å²) in [6.07, 6.45) is 5.79. The molecular formula is C29H39N5. The summed E-state index contributed by atoms with van der Waals surface area (Å²) in [6.45, 7) is 17.2. The molecule has 0 aliphatic carbocycles. The number of pyridine rings is 3. The van der Waals surface area contributed by atoms with Gasteiger partial charge in [0.1, 0.15) is 11.6 Å². The van der Waals surface area contributed by atoms with Crippen molar-refractivity contribution in [2.24, 2.45) is 0 Å². The van der Waals surface area contributed by atoms with Gasteiger partial charge in [0.2, 0.25) is 0 Å². The minimum Gasteiger partial charge on any atom is -0.368 e. The maximum atomic E-state index is 4.47. The second kappa shape index (κ2) is 11.3. The van der Waals surface area contributed by atoms with E-state index in [1.807, 2.05) is 24.7 Å². The third-order valence-electron chi connectivity index (χ3n) is 5.50. The van der Waals surface area contributed by atoms with Gasteiger partial charge < -0.3 is 10.6 Å². The Kier molecular flexibility index (Phi) is 8.43. The van der Waals surface area contributed by atoms with Crippen LogP contribution in [-0.4, -0.2) is 27.0 Å². The molecule has 0 atom stereocenters. The van der Waals surface area contributed by atoms with Gasteiger partial charge in [0.05, 0.1) is 0 Å². The maximum absolute atomic E-state index is 4.47. The molecule has 0 radical (unpaired) electrons. The maximum Gasteiger partial charge on any atom is 0.126 e. The zero-order chi connectivity index (χ0) is 24.8. The lowest BCUT2D eigenvalue weighted by Gasteiger charge is -2.11. The zero-order valence-corrected chi connectivity index (χ0v) is 21.8. The first-order chi connectivity index (χ1) is 16.1. The number of fused-ring (bicyclic) bond motifs is 2. The topological polar surface area (TPSA) is 62.7 Å². The Morgan fingerprint density at radius 3 is 1.56 bits per heavy atom. The van der Waals surface area contributed by atoms with E-state index in [4.69, 9.17) is 0 Å². The lowest BCUT2D eigenvalue weighted by Crippen LogP contribution is -2.10. The standard InChI is InChI=1S/C15H20N2.C14H19N3/c1-10(2)12-5-6-13-8-15(17-11(3)4)16-9-14(13)7-12;1-9(2)13-5-11-8-16-14(17-10(3)4)6-12(11)7-15-13/h5-11H,1-4H3,(H,16,17);5-10H,1-4H3,(H,16,17). The molecule has 3 aromatic heterocycles. The number of anilines is 2. The van der Waals surface area contributed by atoms with Crippen molar-refractivity contribution in [1.82, 2.24) is 15.0 Å². The molecule has 0 aliphatic rings. The Morgan fingerprint density at radius 1 is 0.529 bits per heavy atom. The molecule has 4 aromatic rings. The fraction of sp³-hybridized carbons (Fsp3) is 0.414. The highest BCUT2D eigenvalue weighted by Gasteiger charge is 2.05. The highest BCUT2D eigenvalue weighted by molar-refractivity contribution is 5.85. The van der Waals surface area contributed by atoms with Crippen LogP contribution in [-0.2, 0) is 0 Å². The molecule has 0 bridgehead atoms. The summed E-state index contributed by atoms with van der Waals surface area (Å²) >= 11 is 0. The number of nitrogens with one attached hydrogen (secondary N) is 2. The van der Waals surface area contributed by atoms with Crippen LogP contribution in [0.2, 0.25) is 0 Å². The first-order valence-corrected chi connectivity index (χ1v) is 12.3. The van der Waals surface area contributed by atoms with Crippen LogP contribution in [0.15, 0.2) is 55.0 Å². The first kappa shape index (κ1) is 25.4. The summed E-state index contributed by atoms with van der Waals surface area (Å²) in [6, 6.07) is 13.7. The number of rotatable bonds is 6. The van der Waals surface area contributed by atoms with Gasteiger partial charge in [-0.2, -0.15) is 0 Å². The zero-order valence-electron chi connectivity index (χ0n) is 21.8. The lowest BCUT2D eigenvalue weighted by atomic mass is 10.0. The Balaban J connectivity index is 0.000000191. The molecule has 0 saturated heterocycles. The minimum atomic E-state index is 0.392. The van der Waals surface area contributed by atoms with Gasteiger partial charge in [-0.15, -0.1) is 0 Å². The van der Waals surface area contributed by atoms with E-state index in [2.05, 4.69) is 111 Å². The van der Waals surface area contributed by atoms with Gasteiger partial charge in [-0.05, 0) is 74.7 Å². The van der Waals surface area contributed by atoms with Crippen molar-refractivity contribution in [2.45, 2.75) is 79.3 Å². The quantitative estimate of drug-likeness (QED) is 0.310. The Labute approximate surface area is 204 Å². The van der Waals surface area contributed by atoms with Gasteiger partial charge in [-0.1, -0.05) is 39.8 Å². The van der Waals surface area contributed by atoms with Gasteiger partial charge in [0, 0.05) is 52.5 Å². The molecular weight excluding hydrogens is 418 g/mol. The molecule has 0 amide bonds. The van der Waals surface area contributed by atoms with Gasteiger partial charge >= 0.3 is 0 Å². The van der Waals surface area contributed by atoms with E-state index in [1.54, 1.807) is 0 Å². The summed E-state index contributed by atoms with van der Waals surface area (Å²) in [5, 5.41) is 11.4. The van der Waals surface area contributed by atoms with E-state index in [9.17, 15) is 0 Å². The fourth-order valence-corrected chi connectivity index (χ4v) is 3.64. The van der Waals surface area contributed by atoms with Crippen molar-refractivity contribution in [2.75, 3.05) is 10.6 Å². The van der Waals surface area contributed by atoms with Gasteiger partial charge in [-0.25, -0.2) is 9.97 Å². The van der Waals surface area contributed by atoms with Crippen molar-refractivity contribution in [3.63, 3.8) is 0 Å². The van der Waals surface area contributed by atoms with E-state index < -0.39 is 0 Å². The van der Waals surface area contributed by atoms with Crippen molar-refractivity contribution < 1.29 is 0 Å². The molecule has 0 spiro atoms. The van der Waals surface area contributed by atoms with Crippen LogP contribution >= 0.6 is 0 Å². The molecule has 1 aromatic carbocycles. The van der Waals surface area contributed by atoms with Gasteiger partial charge in [-0.3, -0.25) is 4.98 Å². The molecule has 0 fully saturated rings. The van der Waals surface area contributed by atoms with E-state index in [0.29, 0.717) is 23.9 Å². The SMILES string of the molecule is CC(C)Nc1cc2ccc(C(C)C)cc2cn1.CC(C)Nc1cc2cnc(C(C)C)cc2cn1. The summed E-state index contributed by atoms with van der Waals surface area (Å²) in [5.74, 6) is 2.87. The number of aromatic nitrogens is 3. The Hall–Kier alpha value is -3.21. The molecule has 34 heavy (non-hydrogen) atoms. The van der Waals surface area contributed by atoms with Crippen LogP contribution in [0.4, 0.5) is 11.6 Å². The second-order valence-electron chi connectivity index (χ2n) is 10.1. The number of hydrogen-bond acceptors (Lipinski definition) is 5. The third-order valence-corrected chi connectivity index (χ3v) is 5.50. The van der Waals surface area contributed by atoms with E-state index in [1.165, 1.54) is 16.3 Å². The average molecular weight is 458 g/mol. The van der Waals surface area contributed by atoms with Crippen LogP contribution < -0.4 is 10.6 Å². The normalized spacial score (nSPS) is 11.4. The highest BCUT2D eigenvalue weighted by Crippen LogP contribution is 2.23. The van der Waals surface area contributed by atoms with Crippen LogP contribution in [0, 0.1) is 0 Å². The molecule has 0 unspecified atom stereocenters. The number of benzene rings is 1. The van der Waals surface area contributed by atoms with Gasteiger partial charge in [0.15, 0.2) is 0 Å². The van der Waals surface area contributed by atoms with E-state index >= 15 is 0 Å². The van der Waals surface area contributed by atoms with Crippen molar-refractivity contribution in [1.29, 1.82) is 0 Å². The number of hydrogen-bond donors (Lipinski definition) is 2. The lowest BCUT2D eigenvalue weighted by molar-refractivity contribution is 0.826. The molecule has 180 valence electrons. The summed E-state index contributed by atoms with van der Waals surface area (Å²) < 4.78 is 0. The van der Waals surface area contributed by atoms with E-state index in [-0.39, 0.29) is 0 Å². The molecule has 2 N–H and O–H groups in total. The molecule has 5 heteroatoms. The van der Waals surface area contributed by atoms with Crippen molar-refractivity contribution in [3.05, 3.63) is 66.2 Å². The fourth-order valence-electron chi connectivity index (χ4n) is 3.64. The van der Waals surface area contributed by atoms with Gasteiger partial charge in [0.25, 0.3) is 0 Å². The largest absolute Gasteiger partial charge is 0.368 e. The average Bonchev–Trinajstić information content (AvgIpc) is 2.77.